The minimum atomic E-state index is -0.185. The van der Waals surface area contributed by atoms with E-state index in [1.165, 1.54) is 0 Å². The summed E-state index contributed by atoms with van der Waals surface area (Å²) < 4.78 is 1.93. The molecule has 1 atom stereocenters. The molecule has 2 heterocycles. The number of aromatic nitrogens is 3. The predicted octanol–water partition coefficient (Wildman–Crippen LogP) is 3.74. The molecule has 0 unspecified atom stereocenters. The lowest BCUT2D eigenvalue weighted by atomic mass is 10.1. The van der Waals surface area contributed by atoms with E-state index in [0.717, 1.165) is 23.9 Å². The van der Waals surface area contributed by atoms with Crippen molar-refractivity contribution >= 4 is 33.9 Å². The highest BCUT2D eigenvalue weighted by atomic mass is 16.1. The number of hydrogen-bond acceptors (Lipinski definition) is 4. The number of carbonyl (C=O) groups is 1. The minimum absolute atomic E-state index is 0.0735. The van der Waals surface area contributed by atoms with Crippen LogP contribution in [0.4, 0.5) is 5.82 Å². The summed E-state index contributed by atoms with van der Waals surface area (Å²) in [7, 11) is 0. The number of para-hydroxylation sites is 2. The van der Waals surface area contributed by atoms with Gasteiger partial charge in [-0.3, -0.25) is 4.79 Å². The zero-order valence-corrected chi connectivity index (χ0v) is 15.9. The number of carbonyl (C=O) groups excluding carboxylic acids is 1. The predicted molar refractivity (Wildman–Crippen MR) is 106 cm³/mol. The number of aryl methyl sites for hydroxylation is 1. The maximum absolute atomic E-state index is 12.9. The first kappa shape index (κ1) is 18.2. The van der Waals surface area contributed by atoms with Gasteiger partial charge in [0.15, 0.2) is 5.65 Å². The van der Waals surface area contributed by atoms with Crippen molar-refractivity contribution in [3.05, 3.63) is 29.8 Å². The van der Waals surface area contributed by atoms with Crippen LogP contribution in [0.3, 0.4) is 0 Å². The average Bonchev–Trinajstić information content (AvgIpc) is 2.88. The summed E-state index contributed by atoms with van der Waals surface area (Å²) in [6, 6.07) is 7.76. The van der Waals surface area contributed by atoms with Crippen molar-refractivity contribution in [1.29, 1.82) is 0 Å². The standard InChI is InChI=1S/C20H27N5O/c1-5-13(4)22-20(26)16-17-19(25(18(16)21)11-10-12(2)3)24-15-9-7-6-8-14(15)23-17/h6-9,12-13H,5,10-11,21H2,1-4H3,(H,22,26)/t13-/m0/s1. The third-order valence-electron chi connectivity index (χ3n) is 4.74. The lowest BCUT2D eigenvalue weighted by Gasteiger charge is -2.12. The van der Waals surface area contributed by atoms with Crippen LogP contribution in [-0.2, 0) is 6.54 Å². The molecule has 26 heavy (non-hydrogen) atoms. The summed E-state index contributed by atoms with van der Waals surface area (Å²) in [6.45, 7) is 9.06. The summed E-state index contributed by atoms with van der Waals surface area (Å²) in [5.41, 5.74) is 9.66. The average molecular weight is 353 g/mol. The Morgan fingerprint density at radius 1 is 1.19 bits per heavy atom. The highest BCUT2D eigenvalue weighted by Gasteiger charge is 2.24. The first-order valence-electron chi connectivity index (χ1n) is 9.27. The number of nitrogen functional groups attached to an aromatic ring is 1. The molecular weight excluding hydrogens is 326 g/mol. The first-order valence-corrected chi connectivity index (χ1v) is 9.27. The van der Waals surface area contributed by atoms with Crippen LogP contribution in [0.2, 0.25) is 0 Å². The second-order valence-corrected chi connectivity index (χ2v) is 7.26. The molecule has 2 aromatic heterocycles. The van der Waals surface area contributed by atoms with Gasteiger partial charge < -0.3 is 15.6 Å². The fourth-order valence-corrected chi connectivity index (χ4v) is 2.95. The number of rotatable bonds is 6. The van der Waals surface area contributed by atoms with Crippen LogP contribution in [0.25, 0.3) is 22.2 Å². The number of nitrogens with one attached hydrogen (secondary N) is 1. The molecule has 6 nitrogen and oxygen atoms in total. The Labute approximate surface area is 153 Å². The maximum atomic E-state index is 12.9. The SMILES string of the molecule is CC[C@H](C)NC(=O)c1c(N)n(CCC(C)C)c2nc3ccccc3nc12. The molecule has 1 amide bonds. The summed E-state index contributed by atoms with van der Waals surface area (Å²) >= 11 is 0. The van der Waals surface area contributed by atoms with Crippen LogP contribution >= 0.6 is 0 Å². The molecule has 0 bridgehead atoms. The summed E-state index contributed by atoms with van der Waals surface area (Å²) in [6.07, 6.45) is 1.81. The van der Waals surface area contributed by atoms with Crippen LogP contribution in [0.5, 0.6) is 0 Å². The Morgan fingerprint density at radius 2 is 1.85 bits per heavy atom. The topological polar surface area (TPSA) is 85.8 Å². The maximum Gasteiger partial charge on any atom is 0.257 e. The van der Waals surface area contributed by atoms with Gasteiger partial charge in [0, 0.05) is 12.6 Å². The van der Waals surface area contributed by atoms with E-state index in [1.54, 1.807) is 0 Å². The molecule has 0 aliphatic rings. The third-order valence-corrected chi connectivity index (χ3v) is 4.74. The Hall–Kier alpha value is -2.63. The Kier molecular flexibility index (Phi) is 5.11. The molecule has 0 spiro atoms. The van der Waals surface area contributed by atoms with Crippen molar-refractivity contribution in [1.82, 2.24) is 19.9 Å². The smallest absolute Gasteiger partial charge is 0.257 e. The molecule has 0 radical (unpaired) electrons. The van der Waals surface area contributed by atoms with Gasteiger partial charge >= 0.3 is 0 Å². The monoisotopic (exact) mass is 353 g/mol. The number of amides is 1. The zero-order valence-electron chi connectivity index (χ0n) is 15.9. The van der Waals surface area contributed by atoms with E-state index in [4.69, 9.17) is 15.7 Å². The van der Waals surface area contributed by atoms with Crippen molar-refractivity contribution in [2.45, 2.75) is 53.1 Å². The Balaban J connectivity index is 2.19. The molecule has 6 heteroatoms. The van der Waals surface area contributed by atoms with Gasteiger partial charge in [-0.05, 0) is 37.8 Å². The third kappa shape index (κ3) is 3.36. The minimum Gasteiger partial charge on any atom is -0.384 e. The molecule has 0 saturated carbocycles. The number of anilines is 1. The molecule has 0 aliphatic carbocycles. The van der Waals surface area contributed by atoms with Crippen LogP contribution in [0.1, 0.15) is 50.9 Å². The van der Waals surface area contributed by atoms with Crippen LogP contribution in [0.15, 0.2) is 24.3 Å². The van der Waals surface area contributed by atoms with Gasteiger partial charge in [0.2, 0.25) is 0 Å². The van der Waals surface area contributed by atoms with Crippen molar-refractivity contribution in [3.8, 4) is 0 Å². The summed E-state index contributed by atoms with van der Waals surface area (Å²) in [5, 5.41) is 3.01. The van der Waals surface area contributed by atoms with Crippen LogP contribution < -0.4 is 11.1 Å². The number of benzene rings is 1. The van der Waals surface area contributed by atoms with E-state index < -0.39 is 0 Å². The molecule has 0 saturated heterocycles. The number of nitrogens with two attached hydrogens (primary N) is 1. The van der Waals surface area contributed by atoms with Crippen molar-refractivity contribution in [2.24, 2.45) is 5.92 Å². The largest absolute Gasteiger partial charge is 0.384 e. The van der Waals surface area contributed by atoms with Gasteiger partial charge in [0.05, 0.1) is 11.0 Å². The quantitative estimate of drug-likeness (QED) is 0.707. The molecule has 0 fully saturated rings. The fraction of sp³-hybridized carbons (Fsp3) is 0.450. The lowest BCUT2D eigenvalue weighted by Crippen LogP contribution is -2.32. The van der Waals surface area contributed by atoms with Gasteiger partial charge in [0.1, 0.15) is 16.9 Å². The second kappa shape index (κ2) is 7.32. The molecule has 0 aliphatic heterocycles. The second-order valence-electron chi connectivity index (χ2n) is 7.26. The molecule has 3 rings (SSSR count). The van der Waals surface area contributed by atoms with Gasteiger partial charge in [0.25, 0.3) is 5.91 Å². The van der Waals surface area contributed by atoms with E-state index in [-0.39, 0.29) is 11.9 Å². The van der Waals surface area contributed by atoms with E-state index in [9.17, 15) is 4.79 Å². The normalized spacial score (nSPS) is 12.8. The molecule has 1 aromatic carbocycles. The Morgan fingerprint density at radius 3 is 2.46 bits per heavy atom. The van der Waals surface area contributed by atoms with Crippen LogP contribution in [0, 0.1) is 5.92 Å². The van der Waals surface area contributed by atoms with Crippen molar-refractivity contribution in [3.63, 3.8) is 0 Å². The molecule has 3 aromatic rings. The lowest BCUT2D eigenvalue weighted by molar-refractivity contribution is 0.0941. The van der Waals surface area contributed by atoms with Gasteiger partial charge in [-0.25, -0.2) is 9.97 Å². The number of fused-ring (bicyclic) bond motifs is 2. The summed E-state index contributed by atoms with van der Waals surface area (Å²) in [5.74, 6) is 0.782. The Bertz CT molecular complexity index is 944. The summed E-state index contributed by atoms with van der Waals surface area (Å²) in [4.78, 5) is 22.3. The van der Waals surface area contributed by atoms with Crippen molar-refractivity contribution in [2.75, 3.05) is 5.73 Å². The van der Waals surface area contributed by atoms with Crippen LogP contribution in [-0.4, -0.2) is 26.5 Å². The first-order chi connectivity index (χ1) is 12.4. The van der Waals surface area contributed by atoms with E-state index >= 15 is 0 Å². The van der Waals surface area contributed by atoms with E-state index in [1.807, 2.05) is 42.7 Å². The molecule has 3 N–H and O–H groups in total. The molecule has 138 valence electrons. The fourth-order valence-electron chi connectivity index (χ4n) is 2.95. The van der Waals surface area contributed by atoms with Gasteiger partial charge in [-0.15, -0.1) is 0 Å². The number of hydrogen-bond donors (Lipinski definition) is 2. The van der Waals surface area contributed by atoms with E-state index in [0.29, 0.717) is 35.0 Å². The van der Waals surface area contributed by atoms with Gasteiger partial charge in [-0.1, -0.05) is 32.9 Å². The van der Waals surface area contributed by atoms with Gasteiger partial charge in [-0.2, -0.15) is 0 Å². The van der Waals surface area contributed by atoms with E-state index in [2.05, 4.69) is 19.2 Å². The molecular formula is C20H27N5O. The number of nitrogens with zero attached hydrogens (tertiary/aromatic N) is 3. The highest BCUT2D eigenvalue weighted by Crippen LogP contribution is 2.28. The van der Waals surface area contributed by atoms with Crippen molar-refractivity contribution < 1.29 is 4.79 Å². The zero-order chi connectivity index (χ0) is 18.8. The highest BCUT2D eigenvalue weighted by molar-refractivity contribution is 6.10.